The van der Waals surface area contributed by atoms with Crippen LogP contribution >= 0.6 is 0 Å². The molecule has 7 heteroatoms. The van der Waals surface area contributed by atoms with E-state index in [1.807, 2.05) is 42.5 Å². The molecule has 7 nitrogen and oxygen atoms in total. The van der Waals surface area contributed by atoms with Gasteiger partial charge in [-0.25, -0.2) is 4.98 Å². The molecule has 1 amide bonds. The Morgan fingerprint density at radius 1 is 1.04 bits per heavy atom. The molecule has 2 aromatic heterocycles. The highest BCUT2D eigenvalue weighted by atomic mass is 16.5. The molecule has 4 rings (SSSR count). The van der Waals surface area contributed by atoms with Crippen LogP contribution in [0.25, 0.3) is 22.3 Å². The molecule has 0 spiro atoms. The Bertz CT molecular complexity index is 1010. The van der Waals surface area contributed by atoms with E-state index in [1.165, 1.54) is 18.6 Å². The van der Waals surface area contributed by atoms with E-state index >= 15 is 0 Å². The zero-order valence-electron chi connectivity index (χ0n) is 12.4. The third kappa shape index (κ3) is 2.58. The van der Waals surface area contributed by atoms with Gasteiger partial charge in [0.05, 0.1) is 6.20 Å². The zero-order chi connectivity index (χ0) is 16.4. The quantitative estimate of drug-likeness (QED) is 0.624. The van der Waals surface area contributed by atoms with Crippen molar-refractivity contribution in [1.29, 1.82) is 0 Å². The molecule has 0 radical (unpaired) electrons. The van der Waals surface area contributed by atoms with Gasteiger partial charge in [-0.15, -0.1) is 0 Å². The average molecular weight is 317 g/mol. The van der Waals surface area contributed by atoms with Gasteiger partial charge in [-0.2, -0.15) is 4.98 Å². The van der Waals surface area contributed by atoms with Crippen molar-refractivity contribution in [3.8, 4) is 11.5 Å². The first-order chi connectivity index (χ1) is 11.8. The highest BCUT2D eigenvalue weighted by molar-refractivity contribution is 6.07. The van der Waals surface area contributed by atoms with E-state index in [-0.39, 0.29) is 11.7 Å². The smallest absolute Gasteiger partial charge is 0.316 e. The number of carbonyl (C=O) groups excluding carboxylic acids is 1. The van der Waals surface area contributed by atoms with Crippen LogP contribution in [0.2, 0.25) is 0 Å². The predicted octanol–water partition coefficient (Wildman–Crippen LogP) is 2.93. The Kier molecular flexibility index (Phi) is 3.43. The molecule has 0 aliphatic heterocycles. The summed E-state index contributed by atoms with van der Waals surface area (Å²) in [5, 5.41) is 8.52. The molecule has 0 aliphatic rings. The predicted molar refractivity (Wildman–Crippen MR) is 87.2 cm³/mol. The molecule has 24 heavy (non-hydrogen) atoms. The number of hydrogen-bond acceptors (Lipinski definition) is 6. The molecule has 116 valence electrons. The number of fused-ring (bicyclic) bond motifs is 1. The third-order valence-corrected chi connectivity index (χ3v) is 3.45. The fourth-order valence-corrected chi connectivity index (χ4v) is 2.34. The second kappa shape index (κ2) is 5.88. The summed E-state index contributed by atoms with van der Waals surface area (Å²) in [6.07, 6.45) is 4.55. The number of carbonyl (C=O) groups is 1. The number of amides is 1. The number of hydrogen-bond donors (Lipinski definition) is 1. The lowest BCUT2D eigenvalue weighted by Crippen LogP contribution is -2.12. The van der Waals surface area contributed by atoms with Crippen LogP contribution in [-0.4, -0.2) is 26.0 Å². The number of benzene rings is 2. The van der Waals surface area contributed by atoms with Gasteiger partial charge in [0, 0.05) is 23.5 Å². The van der Waals surface area contributed by atoms with Crippen LogP contribution in [0.15, 0.2) is 65.6 Å². The molecular formula is C17H11N5O2. The topological polar surface area (TPSA) is 93.8 Å². The van der Waals surface area contributed by atoms with Crippen molar-refractivity contribution >= 4 is 22.4 Å². The molecule has 4 aromatic rings. The summed E-state index contributed by atoms with van der Waals surface area (Å²) in [5.74, 6) is -0.399. The molecular weight excluding hydrogens is 306 g/mol. The van der Waals surface area contributed by atoms with Gasteiger partial charge in [-0.1, -0.05) is 41.6 Å². The Labute approximate surface area is 136 Å². The maximum atomic E-state index is 12.4. The van der Waals surface area contributed by atoms with Crippen LogP contribution in [0.4, 0.5) is 5.69 Å². The third-order valence-electron chi connectivity index (χ3n) is 3.45. The fourth-order valence-electron chi connectivity index (χ4n) is 2.34. The molecule has 2 aromatic carbocycles. The number of rotatable bonds is 3. The standard InChI is InChI=1S/C17H11N5O2/c23-16(17-21-15(22-24-17)14-10-18-8-9-19-14)20-13-7-3-5-11-4-1-2-6-12(11)13/h1-10H,(H,20,23). The molecule has 0 unspecified atom stereocenters. The zero-order valence-corrected chi connectivity index (χ0v) is 12.4. The summed E-state index contributed by atoms with van der Waals surface area (Å²) in [6.45, 7) is 0. The van der Waals surface area contributed by atoms with Gasteiger partial charge in [0.1, 0.15) is 5.69 Å². The van der Waals surface area contributed by atoms with E-state index < -0.39 is 5.91 Å². The van der Waals surface area contributed by atoms with Crippen LogP contribution in [0.1, 0.15) is 10.7 Å². The van der Waals surface area contributed by atoms with E-state index in [0.717, 1.165) is 10.8 Å². The van der Waals surface area contributed by atoms with Crippen molar-refractivity contribution in [1.82, 2.24) is 20.1 Å². The maximum absolute atomic E-state index is 12.4. The van der Waals surface area contributed by atoms with Gasteiger partial charge in [0.15, 0.2) is 0 Å². The lowest BCUT2D eigenvalue weighted by Gasteiger charge is -2.06. The van der Waals surface area contributed by atoms with Crippen molar-refractivity contribution in [3.63, 3.8) is 0 Å². The van der Waals surface area contributed by atoms with Gasteiger partial charge in [0.2, 0.25) is 5.82 Å². The molecule has 0 aliphatic carbocycles. The van der Waals surface area contributed by atoms with E-state index in [1.54, 1.807) is 0 Å². The second-order valence-corrected chi connectivity index (χ2v) is 4.99. The molecule has 2 heterocycles. The van der Waals surface area contributed by atoms with Gasteiger partial charge in [0.25, 0.3) is 0 Å². The summed E-state index contributed by atoms with van der Waals surface area (Å²) in [7, 11) is 0. The first-order valence-corrected chi connectivity index (χ1v) is 7.20. The van der Waals surface area contributed by atoms with Gasteiger partial charge in [-0.05, 0) is 11.5 Å². The van der Waals surface area contributed by atoms with Crippen LogP contribution in [0, 0.1) is 0 Å². The Morgan fingerprint density at radius 2 is 1.92 bits per heavy atom. The van der Waals surface area contributed by atoms with Crippen LogP contribution < -0.4 is 5.32 Å². The first kappa shape index (κ1) is 14.0. The van der Waals surface area contributed by atoms with Crippen LogP contribution in [-0.2, 0) is 0 Å². The molecule has 1 N–H and O–H groups in total. The van der Waals surface area contributed by atoms with Crippen LogP contribution in [0.5, 0.6) is 0 Å². The van der Waals surface area contributed by atoms with E-state index in [4.69, 9.17) is 4.52 Å². The molecule has 0 fully saturated rings. The van der Waals surface area contributed by atoms with Crippen molar-refractivity contribution in [2.24, 2.45) is 0 Å². The Hall–Kier alpha value is -3.61. The number of anilines is 1. The molecule has 0 bridgehead atoms. The fraction of sp³-hybridized carbons (Fsp3) is 0. The Balaban J connectivity index is 1.62. The highest BCUT2D eigenvalue weighted by Crippen LogP contribution is 2.23. The summed E-state index contributed by atoms with van der Waals surface area (Å²) in [4.78, 5) is 24.4. The largest absolute Gasteiger partial charge is 0.328 e. The summed E-state index contributed by atoms with van der Waals surface area (Å²) >= 11 is 0. The van der Waals surface area contributed by atoms with E-state index in [2.05, 4.69) is 25.4 Å². The van der Waals surface area contributed by atoms with Crippen molar-refractivity contribution < 1.29 is 9.32 Å². The number of nitrogens with one attached hydrogen (secondary N) is 1. The lowest BCUT2D eigenvalue weighted by atomic mass is 10.1. The normalized spacial score (nSPS) is 10.7. The van der Waals surface area contributed by atoms with E-state index in [9.17, 15) is 4.79 Å². The minimum Gasteiger partial charge on any atom is -0.328 e. The SMILES string of the molecule is O=C(Nc1cccc2ccccc12)c1nc(-c2cnccn2)no1. The molecule has 0 saturated carbocycles. The van der Waals surface area contributed by atoms with Gasteiger partial charge in [-0.3, -0.25) is 9.78 Å². The van der Waals surface area contributed by atoms with Crippen molar-refractivity contribution in [2.45, 2.75) is 0 Å². The monoisotopic (exact) mass is 317 g/mol. The molecule has 0 saturated heterocycles. The highest BCUT2D eigenvalue weighted by Gasteiger charge is 2.17. The number of nitrogens with zero attached hydrogens (tertiary/aromatic N) is 4. The molecule has 0 atom stereocenters. The lowest BCUT2D eigenvalue weighted by molar-refractivity contribution is 0.0981. The number of aromatic nitrogens is 4. The minimum absolute atomic E-state index is 0.136. The van der Waals surface area contributed by atoms with E-state index in [0.29, 0.717) is 11.4 Å². The second-order valence-electron chi connectivity index (χ2n) is 4.99. The van der Waals surface area contributed by atoms with Crippen molar-refractivity contribution in [2.75, 3.05) is 5.32 Å². The van der Waals surface area contributed by atoms with Crippen molar-refractivity contribution in [3.05, 3.63) is 66.9 Å². The summed E-state index contributed by atoms with van der Waals surface area (Å²) < 4.78 is 5.02. The Morgan fingerprint density at radius 3 is 2.79 bits per heavy atom. The summed E-state index contributed by atoms with van der Waals surface area (Å²) in [6, 6.07) is 13.4. The summed E-state index contributed by atoms with van der Waals surface area (Å²) in [5.41, 5.74) is 1.11. The maximum Gasteiger partial charge on any atom is 0.316 e. The van der Waals surface area contributed by atoms with Gasteiger partial charge < -0.3 is 9.84 Å². The first-order valence-electron chi connectivity index (χ1n) is 7.20. The van der Waals surface area contributed by atoms with Crippen LogP contribution in [0.3, 0.4) is 0 Å². The minimum atomic E-state index is -0.478. The average Bonchev–Trinajstić information content (AvgIpc) is 3.13. The van der Waals surface area contributed by atoms with Gasteiger partial charge >= 0.3 is 11.8 Å².